The predicted octanol–water partition coefficient (Wildman–Crippen LogP) is 4.74. The fourth-order valence-electron chi connectivity index (χ4n) is 4.80. The minimum absolute atomic E-state index is 0.0871. The van der Waals surface area contributed by atoms with Gasteiger partial charge in [-0.3, -0.25) is 4.90 Å². The Morgan fingerprint density at radius 2 is 1.96 bits per heavy atom. The first-order chi connectivity index (χ1) is 13.5. The van der Waals surface area contributed by atoms with Gasteiger partial charge >= 0.3 is 0 Å². The van der Waals surface area contributed by atoms with Crippen LogP contribution in [0.5, 0.6) is 0 Å². The molecule has 4 heteroatoms. The molecule has 148 valence electrons. The van der Waals surface area contributed by atoms with Gasteiger partial charge in [-0.2, -0.15) is 0 Å². The maximum atomic E-state index is 14.2. The number of aliphatic hydroxyl groups excluding tert-OH is 1. The van der Waals surface area contributed by atoms with Crippen LogP contribution in [0.3, 0.4) is 0 Å². The van der Waals surface area contributed by atoms with Gasteiger partial charge in [-0.25, -0.2) is 4.39 Å². The lowest BCUT2D eigenvalue weighted by atomic mass is 9.75. The smallest absolute Gasteiger partial charge is 0.126 e. The summed E-state index contributed by atoms with van der Waals surface area (Å²) >= 11 is 0. The number of aromatic nitrogens is 1. The Kier molecular flexibility index (Phi) is 5.26. The lowest BCUT2D eigenvalue weighted by Crippen LogP contribution is -2.46. The van der Waals surface area contributed by atoms with Crippen molar-refractivity contribution < 1.29 is 9.50 Å². The molecule has 3 aromatic rings. The number of piperidine rings is 1. The fourth-order valence-corrected chi connectivity index (χ4v) is 4.80. The zero-order valence-corrected chi connectivity index (χ0v) is 16.8. The van der Waals surface area contributed by atoms with Gasteiger partial charge in [0.1, 0.15) is 5.82 Å². The molecule has 0 unspecified atom stereocenters. The van der Waals surface area contributed by atoms with Crippen LogP contribution < -0.4 is 0 Å². The number of H-pyrrole nitrogens is 1. The molecule has 2 heterocycles. The lowest BCUT2D eigenvalue weighted by molar-refractivity contribution is 0.0284. The molecule has 1 aliphatic heterocycles. The molecular weight excluding hydrogens is 351 g/mol. The molecule has 28 heavy (non-hydrogen) atoms. The Morgan fingerprint density at radius 1 is 1.14 bits per heavy atom. The number of hydrogen-bond donors (Lipinski definition) is 2. The number of aryl methyl sites for hydroxylation is 2. The van der Waals surface area contributed by atoms with Crippen molar-refractivity contribution in [3.8, 4) is 0 Å². The van der Waals surface area contributed by atoms with Crippen molar-refractivity contribution in [1.82, 2.24) is 9.88 Å². The number of para-hydroxylation sites is 1. The SMILES string of the molecule is Cc1[nH]c2c(C)cccc2c1CN1CCC[C@](CO)(Cc2ccccc2F)C1. The van der Waals surface area contributed by atoms with Crippen molar-refractivity contribution in [2.45, 2.75) is 39.7 Å². The molecule has 1 aromatic heterocycles. The number of nitrogens with zero attached hydrogens (tertiary/aromatic N) is 1. The van der Waals surface area contributed by atoms with Crippen LogP contribution in [0.15, 0.2) is 42.5 Å². The second-order valence-corrected chi connectivity index (χ2v) is 8.47. The second-order valence-electron chi connectivity index (χ2n) is 8.47. The minimum atomic E-state index is -0.281. The van der Waals surface area contributed by atoms with E-state index in [0.717, 1.165) is 32.5 Å². The quantitative estimate of drug-likeness (QED) is 0.671. The summed E-state index contributed by atoms with van der Waals surface area (Å²) in [6, 6.07) is 13.4. The van der Waals surface area contributed by atoms with Gasteiger partial charge in [-0.1, -0.05) is 36.4 Å². The van der Waals surface area contributed by atoms with Gasteiger partial charge in [-0.15, -0.1) is 0 Å². The van der Waals surface area contributed by atoms with Gasteiger partial charge in [-0.05, 0) is 62.4 Å². The normalized spacial score (nSPS) is 20.7. The molecule has 0 radical (unpaired) electrons. The average molecular weight is 381 g/mol. The Balaban J connectivity index is 1.58. The molecular formula is C24H29FN2O. The summed E-state index contributed by atoms with van der Waals surface area (Å²) in [5, 5.41) is 11.5. The van der Waals surface area contributed by atoms with E-state index in [4.69, 9.17) is 0 Å². The van der Waals surface area contributed by atoms with Crippen LogP contribution in [0.1, 0.15) is 35.2 Å². The highest BCUT2D eigenvalue weighted by molar-refractivity contribution is 5.87. The van der Waals surface area contributed by atoms with E-state index in [1.54, 1.807) is 6.07 Å². The van der Waals surface area contributed by atoms with Gasteiger partial charge in [0.2, 0.25) is 0 Å². The molecule has 2 aromatic carbocycles. The van der Waals surface area contributed by atoms with Crippen LogP contribution in [-0.4, -0.2) is 34.7 Å². The summed E-state index contributed by atoms with van der Waals surface area (Å²) in [5.41, 5.74) is 5.44. The van der Waals surface area contributed by atoms with E-state index in [-0.39, 0.29) is 17.8 Å². The molecule has 0 amide bonds. The van der Waals surface area contributed by atoms with Crippen LogP contribution in [0.4, 0.5) is 4.39 Å². The minimum Gasteiger partial charge on any atom is -0.396 e. The van der Waals surface area contributed by atoms with Crippen molar-refractivity contribution in [3.63, 3.8) is 0 Å². The third kappa shape index (κ3) is 3.59. The van der Waals surface area contributed by atoms with E-state index in [1.165, 1.54) is 33.8 Å². The highest BCUT2D eigenvalue weighted by Gasteiger charge is 2.36. The lowest BCUT2D eigenvalue weighted by Gasteiger charge is -2.42. The summed E-state index contributed by atoms with van der Waals surface area (Å²) in [5.74, 6) is -0.171. The van der Waals surface area contributed by atoms with Crippen molar-refractivity contribution in [2.24, 2.45) is 5.41 Å². The standard InChI is InChI=1S/C24H29FN2O/c1-17-7-5-9-20-21(18(2)26-23(17)20)14-27-12-6-11-24(15-27,16-28)13-19-8-3-4-10-22(19)25/h3-5,7-10,26,28H,6,11-16H2,1-2H3/t24-/m0/s1. The monoisotopic (exact) mass is 380 g/mol. The number of aromatic amines is 1. The van der Waals surface area contributed by atoms with Crippen LogP contribution in [0, 0.1) is 25.1 Å². The van der Waals surface area contributed by atoms with Crippen molar-refractivity contribution in [3.05, 3.63) is 70.7 Å². The predicted molar refractivity (Wildman–Crippen MR) is 112 cm³/mol. The fraction of sp³-hybridized carbons (Fsp3) is 0.417. The number of rotatable bonds is 5. The molecule has 1 saturated heterocycles. The van der Waals surface area contributed by atoms with E-state index < -0.39 is 0 Å². The van der Waals surface area contributed by atoms with Crippen LogP contribution in [0.2, 0.25) is 0 Å². The highest BCUT2D eigenvalue weighted by atomic mass is 19.1. The zero-order chi connectivity index (χ0) is 19.7. The Hall–Kier alpha value is -2.17. The molecule has 0 spiro atoms. The number of fused-ring (bicyclic) bond motifs is 1. The van der Waals surface area contributed by atoms with Crippen LogP contribution in [-0.2, 0) is 13.0 Å². The topological polar surface area (TPSA) is 39.3 Å². The average Bonchev–Trinajstić information content (AvgIpc) is 3.01. The molecule has 3 nitrogen and oxygen atoms in total. The summed E-state index contributed by atoms with van der Waals surface area (Å²) in [6.07, 6.45) is 2.54. The van der Waals surface area contributed by atoms with Crippen molar-refractivity contribution in [1.29, 1.82) is 0 Å². The number of likely N-dealkylation sites (tertiary alicyclic amines) is 1. The maximum Gasteiger partial charge on any atom is 0.126 e. The summed E-state index contributed by atoms with van der Waals surface area (Å²) in [6.45, 7) is 7.01. The van der Waals surface area contributed by atoms with Crippen molar-refractivity contribution in [2.75, 3.05) is 19.7 Å². The molecule has 1 fully saturated rings. The number of benzene rings is 2. The Bertz CT molecular complexity index is 980. The van der Waals surface area contributed by atoms with E-state index in [2.05, 4.69) is 41.9 Å². The van der Waals surface area contributed by atoms with Gasteiger partial charge in [0.25, 0.3) is 0 Å². The number of hydrogen-bond acceptors (Lipinski definition) is 2. The van der Waals surface area contributed by atoms with Crippen LogP contribution in [0.25, 0.3) is 10.9 Å². The van der Waals surface area contributed by atoms with Crippen LogP contribution >= 0.6 is 0 Å². The summed E-state index contributed by atoms with van der Waals surface area (Å²) in [4.78, 5) is 5.97. The van der Waals surface area contributed by atoms with E-state index >= 15 is 0 Å². The Morgan fingerprint density at radius 3 is 2.75 bits per heavy atom. The third-order valence-corrected chi connectivity index (χ3v) is 6.34. The molecule has 2 N–H and O–H groups in total. The molecule has 0 saturated carbocycles. The molecule has 4 rings (SSSR count). The van der Waals surface area contributed by atoms with Crippen molar-refractivity contribution >= 4 is 10.9 Å². The van der Waals surface area contributed by atoms with E-state index in [0.29, 0.717) is 12.0 Å². The van der Waals surface area contributed by atoms with Gasteiger partial charge < -0.3 is 10.1 Å². The van der Waals surface area contributed by atoms with Gasteiger partial charge in [0.15, 0.2) is 0 Å². The van der Waals surface area contributed by atoms with E-state index in [9.17, 15) is 9.50 Å². The zero-order valence-electron chi connectivity index (χ0n) is 16.8. The number of nitrogens with one attached hydrogen (secondary N) is 1. The first-order valence-electron chi connectivity index (χ1n) is 10.1. The highest BCUT2D eigenvalue weighted by Crippen LogP contribution is 2.35. The molecule has 0 bridgehead atoms. The number of aliphatic hydroxyl groups is 1. The maximum absolute atomic E-state index is 14.2. The summed E-state index contributed by atoms with van der Waals surface area (Å²) < 4.78 is 14.2. The number of halogens is 1. The molecule has 1 atom stereocenters. The first-order valence-corrected chi connectivity index (χ1v) is 10.1. The molecule has 1 aliphatic rings. The second kappa shape index (κ2) is 7.69. The van der Waals surface area contributed by atoms with E-state index in [1.807, 2.05) is 12.1 Å². The largest absolute Gasteiger partial charge is 0.396 e. The first kappa shape index (κ1) is 19.2. The summed E-state index contributed by atoms with van der Waals surface area (Å²) in [7, 11) is 0. The molecule has 0 aliphatic carbocycles. The van der Waals surface area contributed by atoms with Gasteiger partial charge in [0, 0.05) is 35.1 Å². The van der Waals surface area contributed by atoms with Gasteiger partial charge in [0.05, 0.1) is 6.61 Å². The Labute approximate surface area is 166 Å². The third-order valence-electron chi connectivity index (χ3n) is 6.34.